The summed E-state index contributed by atoms with van der Waals surface area (Å²) < 4.78 is 14.3. The maximum atomic E-state index is 13.4. The lowest BCUT2D eigenvalue weighted by atomic mass is 10.1. The predicted molar refractivity (Wildman–Crippen MR) is 161 cm³/mol. The van der Waals surface area contributed by atoms with Crippen LogP contribution in [-0.2, 0) is 6.61 Å². The number of aromatic nitrogens is 2. The van der Waals surface area contributed by atoms with E-state index in [1.54, 1.807) is 12.3 Å². The first-order valence-electron chi connectivity index (χ1n) is 13.1. The van der Waals surface area contributed by atoms with Gasteiger partial charge in [-0.2, -0.15) is 9.78 Å². The zero-order valence-electron chi connectivity index (χ0n) is 22.2. The molecule has 4 aromatic carbocycles. The second kappa shape index (κ2) is 11.8. The van der Waals surface area contributed by atoms with Crippen LogP contribution in [0.4, 0.5) is 0 Å². The van der Waals surface area contributed by atoms with Crippen LogP contribution in [0.1, 0.15) is 50.1 Å². The van der Waals surface area contributed by atoms with E-state index in [1.807, 2.05) is 62.4 Å². The maximum absolute atomic E-state index is 13.4. The summed E-state index contributed by atoms with van der Waals surface area (Å²) in [5, 5.41) is 7.45. The van der Waals surface area contributed by atoms with Crippen molar-refractivity contribution in [2.75, 3.05) is 6.61 Å². The van der Waals surface area contributed by atoms with Crippen molar-refractivity contribution < 1.29 is 9.47 Å². The number of fused-ring (bicyclic) bond motifs is 2. The van der Waals surface area contributed by atoms with Crippen molar-refractivity contribution in [3.05, 3.63) is 111 Å². The molecule has 0 bridgehead atoms. The number of benzene rings is 4. The van der Waals surface area contributed by atoms with Gasteiger partial charge in [0.15, 0.2) is 11.5 Å². The summed E-state index contributed by atoms with van der Waals surface area (Å²) in [5.74, 6) is 1.97. The Labute approximate surface area is 236 Å². The molecule has 1 heterocycles. The van der Waals surface area contributed by atoms with Crippen molar-refractivity contribution in [1.29, 1.82) is 0 Å². The quantitative estimate of drug-likeness (QED) is 0.167. The minimum atomic E-state index is -0.201. The molecule has 198 valence electrons. The molecular formula is C32H30BrN3O3. The summed E-state index contributed by atoms with van der Waals surface area (Å²) in [7, 11) is 0. The Morgan fingerprint density at radius 1 is 0.949 bits per heavy atom. The van der Waals surface area contributed by atoms with Crippen molar-refractivity contribution in [3.8, 4) is 11.5 Å². The van der Waals surface area contributed by atoms with Crippen molar-refractivity contribution in [2.45, 2.75) is 39.7 Å². The van der Waals surface area contributed by atoms with Crippen LogP contribution < -0.4 is 15.0 Å². The van der Waals surface area contributed by atoms with E-state index in [2.05, 4.69) is 52.2 Å². The molecule has 0 saturated heterocycles. The molecular weight excluding hydrogens is 554 g/mol. The van der Waals surface area contributed by atoms with Crippen LogP contribution in [0.5, 0.6) is 11.5 Å². The standard InChI is InChI=1S/C32H30BrN3O3/c1-4-21(3)31-35-28-15-14-25(33)18-27(28)32(37)36(31)34-19-22-13-16-29(30(17-22)38-5-2)39-20-24-11-8-10-23-9-6-7-12-26(23)24/h6-19,21H,4-5,20H2,1-3H3/t21-/m0/s1. The number of halogens is 1. The van der Waals surface area contributed by atoms with Crippen LogP contribution in [-0.4, -0.2) is 22.5 Å². The van der Waals surface area contributed by atoms with Crippen LogP contribution in [0, 0.1) is 0 Å². The molecule has 5 rings (SSSR count). The van der Waals surface area contributed by atoms with Gasteiger partial charge in [0.1, 0.15) is 12.4 Å². The molecule has 0 radical (unpaired) electrons. The molecule has 1 aromatic heterocycles. The Morgan fingerprint density at radius 2 is 1.77 bits per heavy atom. The van der Waals surface area contributed by atoms with Crippen LogP contribution >= 0.6 is 15.9 Å². The lowest BCUT2D eigenvalue weighted by Crippen LogP contribution is -2.23. The Hall–Kier alpha value is -3.97. The molecule has 0 aliphatic rings. The second-order valence-electron chi connectivity index (χ2n) is 9.37. The smallest absolute Gasteiger partial charge is 0.282 e. The highest BCUT2D eigenvalue weighted by atomic mass is 79.9. The zero-order chi connectivity index (χ0) is 27.4. The van der Waals surface area contributed by atoms with Gasteiger partial charge in [0.25, 0.3) is 5.56 Å². The largest absolute Gasteiger partial charge is 0.490 e. The Kier molecular flexibility index (Phi) is 8.07. The van der Waals surface area contributed by atoms with E-state index in [1.165, 1.54) is 15.4 Å². The van der Waals surface area contributed by atoms with Crippen LogP contribution in [0.3, 0.4) is 0 Å². The summed E-state index contributed by atoms with van der Waals surface area (Å²) in [4.78, 5) is 18.2. The summed E-state index contributed by atoms with van der Waals surface area (Å²) in [6, 6.07) is 25.7. The number of ether oxygens (including phenoxy) is 2. The fraction of sp³-hybridized carbons (Fsp3) is 0.219. The predicted octanol–water partition coefficient (Wildman–Crippen LogP) is 7.69. The molecule has 0 aliphatic heterocycles. The van der Waals surface area contributed by atoms with Gasteiger partial charge in [-0.25, -0.2) is 4.98 Å². The van der Waals surface area contributed by atoms with Gasteiger partial charge in [-0.05, 0) is 71.6 Å². The average molecular weight is 585 g/mol. The Balaban J connectivity index is 1.46. The molecule has 5 aromatic rings. The topological polar surface area (TPSA) is 65.7 Å². The molecule has 0 spiro atoms. The van der Waals surface area contributed by atoms with E-state index in [0.29, 0.717) is 41.4 Å². The van der Waals surface area contributed by atoms with Crippen LogP contribution in [0.2, 0.25) is 0 Å². The van der Waals surface area contributed by atoms with E-state index in [9.17, 15) is 4.79 Å². The van der Waals surface area contributed by atoms with E-state index in [0.717, 1.165) is 22.0 Å². The molecule has 0 aliphatic carbocycles. The Morgan fingerprint density at radius 3 is 2.59 bits per heavy atom. The first-order valence-corrected chi connectivity index (χ1v) is 13.9. The minimum absolute atomic E-state index is 0.0618. The van der Waals surface area contributed by atoms with Crippen LogP contribution in [0.25, 0.3) is 21.7 Å². The molecule has 1 atom stereocenters. The van der Waals surface area contributed by atoms with Crippen molar-refractivity contribution in [2.24, 2.45) is 5.10 Å². The monoisotopic (exact) mass is 583 g/mol. The fourth-order valence-corrected chi connectivity index (χ4v) is 4.83. The third kappa shape index (κ3) is 5.73. The summed E-state index contributed by atoms with van der Waals surface area (Å²) in [6.45, 7) is 6.97. The fourth-order valence-electron chi connectivity index (χ4n) is 4.47. The SMILES string of the molecule is CCOc1cc(C=Nn2c([C@@H](C)CC)nc3ccc(Br)cc3c2=O)ccc1OCc1cccc2ccccc12. The Bertz CT molecular complexity index is 1720. The van der Waals surface area contributed by atoms with Gasteiger partial charge >= 0.3 is 0 Å². The van der Waals surface area contributed by atoms with Gasteiger partial charge in [-0.15, -0.1) is 0 Å². The highest BCUT2D eigenvalue weighted by Gasteiger charge is 2.16. The van der Waals surface area contributed by atoms with Crippen molar-refractivity contribution in [3.63, 3.8) is 0 Å². The first kappa shape index (κ1) is 26.6. The summed E-state index contributed by atoms with van der Waals surface area (Å²) in [5.41, 5.74) is 2.35. The highest BCUT2D eigenvalue weighted by Crippen LogP contribution is 2.30. The number of rotatable bonds is 9. The third-order valence-corrected chi connectivity index (χ3v) is 7.23. The molecule has 6 nitrogen and oxygen atoms in total. The van der Waals surface area contributed by atoms with Gasteiger partial charge < -0.3 is 9.47 Å². The van der Waals surface area contributed by atoms with Crippen molar-refractivity contribution in [1.82, 2.24) is 9.66 Å². The molecule has 7 heteroatoms. The first-order chi connectivity index (χ1) is 19.0. The maximum Gasteiger partial charge on any atom is 0.282 e. The lowest BCUT2D eigenvalue weighted by Gasteiger charge is -2.15. The second-order valence-corrected chi connectivity index (χ2v) is 10.3. The summed E-state index contributed by atoms with van der Waals surface area (Å²) >= 11 is 3.46. The number of hydrogen-bond acceptors (Lipinski definition) is 5. The summed E-state index contributed by atoms with van der Waals surface area (Å²) in [6.07, 6.45) is 2.50. The number of nitrogens with zero attached hydrogens (tertiary/aromatic N) is 3. The highest BCUT2D eigenvalue weighted by molar-refractivity contribution is 9.10. The van der Waals surface area contributed by atoms with E-state index >= 15 is 0 Å². The van der Waals surface area contributed by atoms with Gasteiger partial charge in [0.2, 0.25) is 0 Å². The average Bonchev–Trinajstić information content (AvgIpc) is 2.96. The van der Waals surface area contributed by atoms with Gasteiger partial charge in [-0.3, -0.25) is 4.79 Å². The van der Waals surface area contributed by atoms with Gasteiger partial charge in [-0.1, -0.05) is 72.2 Å². The lowest BCUT2D eigenvalue weighted by molar-refractivity contribution is 0.270. The van der Waals surface area contributed by atoms with Crippen LogP contribution in [0.15, 0.2) is 93.2 Å². The molecule has 0 saturated carbocycles. The molecule has 0 N–H and O–H groups in total. The van der Waals surface area contributed by atoms with Gasteiger partial charge in [0, 0.05) is 10.4 Å². The molecule has 39 heavy (non-hydrogen) atoms. The number of hydrogen-bond donors (Lipinski definition) is 0. The normalized spacial score (nSPS) is 12.3. The minimum Gasteiger partial charge on any atom is -0.490 e. The zero-order valence-corrected chi connectivity index (χ0v) is 23.8. The molecule has 0 fully saturated rings. The van der Waals surface area contributed by atoms with E-state index in [4.69, 9.17) is 14.5 Å². The third-order valence-electron chi connectivity index (χ3n) is 6.74. The molecule has 0 amide bonds. The van der Waals surface area contributed by atoms with E-state index < -0.39 is 0 Å². The van der Waals surface area contributed by atoms with Crippen molar-refractivity contribution >= 4 is 43.8 Å². The van der Waals surface area contributed by atoms with Gasteiger partial charge in [0.05, 0.1) is 23.7 Å². The van der Waals surface area contributed by atoms with E-state index in [-0.39, 0.29) is 11.5 Å². The molecule has 0 unspecified atom stereocenters.